The van der Waals surface area contributed by atoms with E-state index in [1.165, 1.54) is 5.56 Å². The zero-order valence-electron chi connectivity index (χ0n) is 10.1. The highest BCUT2D eigenvalue weighted by molar-refractivity contribution is 7.80. The molecule has 0 unspecified atom stereocenters. The van der Waals surface area contributed by atoms with Gasteiger partial charge in [0.25, 0.3) is 0 Å². The van der Waals surface area contributed by atoms with E-state index in [4.69, 9.17) is 18.0 Å². The lowest BCUT2D eigenvalue weighted by atomic mass is 10.1. The number of hydrogen-bond donors (Lipinski definition) is 1. The molecule has 0 aliphatic heterocycles. The molecule has 1 aromatic carbocycles. The fourth-order valence-electron chi connectivity index (χ4n) is 1.58. The average molecular weight is 250 g/mol. The first kappa shape index (κ1) is 13.6. The summed E-state index contributed by atoms with van der Waals surface area (Å²) in [7, 11) is 0. The highest BCUT2D eigenvalue weighted by Gasteiger charge is 2.08. The quantitative estimate of drug-likeness (QED) is 0.782. The summed E-state index contributed by atoms with van der Waals surface area (Å²) in [6.45, 7) is 2.89. The molecule has 0 bridgehead atoms. The molecular formula is C13H18N2OS. The molecule has 0 aliphatic rings. The van der Waals surface area contributed by atoms with Crippen molar-refractivity contribution in [3.05, 3.63) is 35.9 Å². The van der Waals surface area contributed by atoms with Crippen LogP contribution >= 0.6 is 12.2 Å². The molecule has 0 aliphatic carbocycles. The Hall–Kier alpha value is -1.42. The van der Waals surface area contributed by atoms with Gasteiger partial charge in [-0.1, -0.05) is 42.5 Å². The number of carbonyl (C=O) groups excluding carboxylic acids is 1. The number of hydrogen-bond acceptors (Lipinski definition) is 2. The Morgan fingerprint density at radius 2 is 1.94 bits per heavy atom. The lowest BCUT2D eigenvalue weighted by molar-refractivity contribution is -0.128. The van der Waals surface area contributed by atoms with Crippen molar-refractivity contribution in [1.82, 2.24) is 4.90 Å². The normalized spacial score (nSPS) is 9.94. The van der Waals surface area contributed by atoms with Crippen molar-refractivity contribution in [3.63, 3.8) is 0 Å². The Balaban J connectivity index is 2.45. The first-order chi connectivity index (χ1) is 8.09. The van der Waals surface area contributed by atoms with Crippen LogP contribution in [0.25, 0.3) is 0 Å². The van der Waals surface area contributed by atoms with Crippen LogP contribution in [-0.4, -0.2) is 28.9 Å². The van der Waals surface area contributed by atoms with Crippen LogP contribution in [0.15, 0.2) is 30.3 Å². The molecule has 1 amide bonds. The van der Waals surface area contributed by atoms with Crippen LogP contribution in [0.3, 0.4) is 0 Å². The van der Waals surface area contributed by atoms with E-state index in [0.29, 0.717) is 24.5 Å². The topological polar surface area (TPSA) is 46.3 Å². The van der Waals surface area contributed by atoms with Crippen LogP contribution < -0.4 is 5.73 Å². The molecule has 0 saturated heterocycles. The maximum Gasteiger partial charge on any atom is 0.219 e. The van der Waals surface area contributed by atoms with Crippen LogP contribution in [0.5, 0.6) is 0 Å². The van der Waals surface area contributed by atoms with E-state index in [9.17, 15) is 4.79 Å². The van der Waals surface area contributed by atoms with Crippen LogP contribution in [0.2, 0.25) is 0 Å². The highest BCUT2D eigenvalue weighted by atomic mass is 32.1. The lowest BCUT2D eigenvalue weighted by Gasteiger charge is -2.20. The largest absolute Gasteiger partial charge is 0.393 e. The third kappa shape index (κ3) is 5.45. The zero-order valence-corrected chi connectivity index (χ0v) is 10.9. The predicted octanol–water partition coefficient (Wildman–Crippen LogP) is 1.75. The number of carbonyl (C=O) groups is 1. The number of nitrogens with two attached hydrogens (primary N) is 1. The Kier molecular flexibility index (Phi) is 5.63. The van der Waals surface area contributed by atoms with E-state index < -0.39 is 0 Å². The number of thiocarbonyl (C=S) groups is 1. The summed E-state index contributed by atoms with van der Waals surface area (Å²) in [5.41, 5.74) is 6.67. The van der Waals surface area contributed by atoms with Gasteiger partial charge < -0.3 is 10.6 Å². The molecule has 2 N–H and O–H groups in total. The fourth-order valence-corrected chi connectivity index (χ4v) is 1.67. The van der Waals surface area contributed by atoms with Crippen molar-refractivity contribution >= 4 is 23.1 Å². The molecule has 1 aromatic rings. The summed E-state index contributed by atoms with van der Waals surface area (Å²) in [4.78, 5) is 13.7. The molecule has 0 atom stereocenters. The zero-order chi connectivity index (χ0) is 12.7. The molecule has 4 heteroatoms. The molecule has 0 heterocycles. The van der Waals surface area contributed by atoms with E-state index >= 15 is 0 Å². The molecule has 0 fully saturated rings. The first-order valence-electron chi connectivity index (χ1n) is 5.67. The Morgan fingerprint density at radius 3 is 2.47 bits per heavy atom. The smallest absolute Gasteiger partial charge is 0.219 e. The minimum Gasteiger partial charge on any atom is -0.393 e. The molecule has 0 saturated carbocycles. The van der Waals surface area contributed by atoms with Gasteiger partial charge in [0, 0.05) is 26.4 Å². The second kappa shape index (κ2) is 7.01. The first-order valence-corrected chi connectivity index (χ1v) is 6.08. The van der Waals surface area contributed by atoms with Gasteiger partial charge in [0.15, 0.2) is 0 Å². The van der Waals surface area contributed by atoms with Crippen LogP contribution in [-0.2, 0) is 11.2 Å². The molecule has 1 rings (SSSR count). The van der Waals surface area contributed by atoms with Crippen molar-refractivity contribution in [2.75, 3.05) is 13.1 Å². The summed E-state index contributed by atoms with van der Waals surface area (Å²) in [5.74, 6) is 0.0668. The van der Waals surface area contributed by atoms with Crippen LogP contribution in [0, 0.1) is 0 Å². The van der Waals surface area contributed by atoms with E-state index in [-0.39, 0.29) is 5.91 Å². The lowest BCUT2D eigenvalue weighted by Crippen LogP contribution is -2.33. The van der Waals surface area contributed by atoms with Gasteiger partial charge in [0.1, 0.15) is 0 Å². The molecule has 92 valence electrons. The average Bonchev–Trinajstić information content (AvgIpc) is 2.29. The predicted molar refractivity (Wildman–Crippen MR) is 73.8 cm³/mol. The van der Waals surface area contributed by atoms with Crippen molar-refractivity contribution in [1.29, 1.82) is 0 Å². The molecule has 17 heavy (non-hydrogen) atoms. The molecule has 3 nitrogen and oxygen atoms in total. The Morgan fingerprint density at radius 1 is 1.29 bits per heavy atom. The maximum atomic E-state index is 11.4. The highest BCUT2D eigenvalue weighted by Crippen LogP contribution is 2.02. The number of amides is 1. The van der Waals surface area contributed by atoms with E-state index in [1.54, 1.807) is 11.8 Å². The minimum absolute atomic E-state index is 0.0668. The van der Waals surface area contributed by atoms with Crippen LogP contribution in [0.4, 0.5) is 0 Å². The summed E-state index contributed by atoms with van der Waals surface area (Å²) in [6.07, 6.45) is 1.45. The number of nitrogens with zero attached hydrogens (tertiary/aromatic N) is 1. The SMILES string of the molecule is CC(=O)N(CCC(N)=S)CCc1ccccc1. The van der Waals surface area contributed by atoms with Gasteiger partial charge in [-0.05, 0) is 12.0 Å². The van der Waals surface area contributed by atoms with E-state index in [1.807, 2.05) is 18.2 Å². The van der Waals surface area contributed by atoms with Gasteiger partial charge in [-0.3, -0.25) is 4.79 Å². The monoisotopic (exact) mass is 250 g/mol. The van der Waals surface area contributed by atoms with E-state index in [0.717, 1.165) is 6.42 Å². The summed E-state index contributed by atoms with van der Waals surface area (Å²) in [5, 5.41) is 0. The third-order valence-corrected chi connectivity index (χ3v) is 2.79. The van der Waals surface area contributed by atoms with Gasteiger partial charge in [-0.15, -0.1) is 0 Å². The summed E-state index contributed by atoms with van der Waals surface area (Å²) < 4.78 is 0. The summed E-state index contributed by atoms with van der Waals surface area (Å²) in [6, 6.07) is 10.1. The Bertz CT molecular complexity index is 378. The van der Waals surface area contributed by atoms with E-state index in [2.05, 4.69) is 12.1 Å². The number of benzene rings is 1. The van der Waals surface area contributed by atoms with Gasteiger partial charge in [0.05, 0.1) is 4.99 Å². The second-order valence-electron chi connectivity index (χ2n) is 3.96. The van der Waals surface area contributed by atoms with Crippen LogP contribution in [0.1, 0.15) is 18.9 Å². The van der Waals surface area contributed by atoms with Gasteiger partial charge in [-0.25, -0.2) is 0 Å². The minimum atomic E-state index is 0.0668. The second-order valence-corrected chi connectivity index (χ2v) is 4.48. The van der Waals surface area contributed by atoms with Crippen molar-refractivity contribution < 1.29 is 4.79 Å². The van der Waals surface area contributed by atoms with Gasteiger partial charge in [-0.2, -0.15) is 0 Å². The molecule has 0 radical (unpaired) electrons. The molecular weight excluding hydrogens is 232 g/mol. The van der Waals surface area contributed by atoms with Crippen molar-refractivity contribution in [2.45, 2.75) is 19.8 Å². The standard InChI is InChI=1S/C13H18N2OS/c1-11(16)15(10-8-13(14)17)9-7-12-5-3-2-4-6-12/h2-6H,7-10H2,1H3,(H2,14,17). The maximum absolute atomic E-state index is 11.4. The third-order valence-electron chi connectivity index (χ3n) is 2.59. The molecule has 0 aromatic heterocycles. The van der Waals surface area contributed by atoms with Crippen molar-refractivity contribution in [3.8, 4) is 0 Å². The fraction of sp³-hybridized carbons (Fsp3) is 0.385. The van der Waals surface area contributed by atoms with Crippen molar-refractivity contribution in [2.24, 2.45) is 5.73 Å². The summed E-state index contributed by atoms with van der Waals surface area (Å²) >= 11 is 4.82. The Labute approximate surface area is 108 Å². The van der Waals surface area contributed by atoms with Gasteiger partial charge >= 0.3 is 0 Å². The molecule has 0 spiro atoms. The number of rotatable bonds is 6. The van der Waals surface area contributed by atoms with Gasteiger partial charge in [0.2, 0.25) is 5.91 Å².